The van der Waals surface area contributed by atoms with Crippen molar-refractivity contribution in [3.05, 3.63) is 48.0 Å². The van der Waals surface area contributed by atoms with E-state index in [1.165, 1.54) is 10.8 Å². The molecule has 20 heavy (non-hydrogen) atoms. The van der Waals surface area contributed by atoms with Gasteiger partial charge in [-0.3, -0.25) is 0 Å². The summed E-state index contributed by atoms with van der Waals surface area (Å²) >= 11 is 0. The van der Waals surface area contributed by atoms with Gasteiger partial charge >= 0.3 is 0 Å². The lowest BCUT2D eigenvalue weighted by Crippen LogP contribution is -2.16. The van der Waals surface area contributed by atoms with E-state index >= 15 is 0 Å². The summed E-state index contributed by atoms with van der Waals surface area (Å²) in [4.78, 5) is 0. The lowest BCUT2D eigenvalue weighted by molar-refractivity contribution is 0.481. The van der Waals surface area contributed by atoms with Crippen LogP contribution in [0.5, 0.6) is 0 Å². The fraction of sp³-hybridized carbons (Fsp3) is 0.375. The van der Waals surface area contributed by atoms with Gasteiger partial charge in [0, 0.05) is 6.04 Å². The first-order valence-electron chi connectivity index (χ1n) is 6.98. The van der Waals surface area contributed by atoms with Crippen LogP contribution in [-0.2, 0) is 9.84 Å². The van der Waals surface area contributed by atoms with Crippen LogP contribution in [0.3, 0.4) is 0 Å². The molecule has 1 aliphatic heterocycles. The molecule has 2 N–H and O–H groups in total. The van der Waals surface area contributed by atoms with Crippen molar-refractivity contribution in [2.75, 3.05) is 11.5 Å². The number of sulfone groups is 1. The van der Waals surface area contributed by atoms with Crippen LogP contribution in [0.25, 0.3) is 10.8 Å². The third-order valence-corrected chi connectivity index (χ3v) is 5.95. The molecule has 3 rings (SSSR count). The van der Waals surface area contributed by atoms with Gasteiger partial charge in [0.25, 0.3) is 0 Å². The van der Waals surface area contributed by atoms with E-state index in [2.05, 4.69) is 30.3 Å². The molecule has 1 saturated heterocycles. The highest BCUT2D eigenvalue weighted by atomic mass is 32.2. The zero-order chi connectivity index (χ0) is 14.2. The number of rotatable bonds is 3. The minimum atomic E-state index is -2.81. The topological polar surface area (TPSA) is 60.2 Å². The summed E-state index contributed by atoms with van der Waals surface area (Å²) in [5, 5.41) is 2.38. The maximum atomic E-state index is 11.5. The Morgan fingerprint density at radius 3 is 2.60 bits per heavy atom. The van der Waals surface area contributed by atoms with Gasteiger partial charge in [-0.05, 0) is 41.2 Å². The van der Waals surface area contributed by atoms with E-state index in [9.17, 15) is 8.42 Å². The molecule has 0 amide bonds. The van der Waals surface area contributed by atoms with E-state index in [-0.39, 0.29) is 12.0 Å². The summed E-state index contributed by atoms with van der Waals surface area (Å²) in [5.41, 5.74) is 7.35. The summed E-state index contributed by atoms with van der Waals surface area (Å²) in [6, 6.07) is 14.3. The summed E-state index contributed by atoms with van der Waals surface area (Å²) in [5.74, 6) is 0.831. The molecule has 0 aliphatic carbocycles. The van der Waals surface area contributed by atoms with Crippen molar-refractivity contribution in [1.29, 1.82) is 0 Å². The van der Waals surface area contributed by atoms with E-state index in [1.54, 1.807) is 0 Å². The smallest absolute Gasteiger partial charge is 0.150 e. The molecule has 0 spiro atoms. The summed E-state index contributed by atoms with van der Waals surface area (Å²) in [6.07, 6.45) is 1.50. The number of hydrogen-bond donors (Lipinski definition) is 1. The second-order valence-electron chi connectivity index (χ2n) is 5.72. The molecular weight excluding hydrogens is 270 g/mol. The van der Waals surface area contributed by atoms with Crippen molar-refractivity contribution >= 4 is 20.6 Å². The van der Waals surface area contributed by atoms with Gasteiger partial charge in [-0.1, -0.05) is 36.4 Å². The van der Waals surface area contributed by atoms with E-state index in [4.69, 9.17) is 5.73 Å². The van der Waals surface area contributed by atoms with Crippen LogP contribution in [0.2, 0.25) is 0 Å². The van der Waals surface area contributed by atoms with Crippen molar-refractivity contribution in [2.45, 2.75) is 18.9 Å². The van der Waals surface area contributed by atoms with E-state index in [1.807, 2.05) is 12.1 Å². The molecule has 2 aromatic rings. The lowest BCUT2D eigenvalue weighted by atomic mass is 9.93. The molecule has 2 unspecified atom stereocenters. The molecule has 0 aromatic heterocycles. The Hall–Kier alpha value is -1.39. The minimum Gasteiger partial charge on any atom is -0.324 e. The van der Waals surface area contributed by atoms with Crippen molar-refractivity contribution in [3.63, 3.8) is 0 Å². The Balaban J connectivity index is 1.77. The van der Waals surface area contributed by atoms with Crippen molar-refractivity contribution < 1.29 is 8.42 Å². The van der Waals surface area contributed by atoms with Gasteiger partial charge in [0.1, 0.15) is 0 Å². The first kappa shape index (κ1) is 13.6. The van der Waals surface area contributed by atoms with Crippen LogP contribution in [0.15, 0.2) is 42.5 Å². The molecule has 2 atom stereocenters. The molecular formula is C16H19NO2S. The first-order chi connectivity index (χ1) is 9.53. The average Bonchev–Trinajstić information content (AvgIpc) is 2.77. The minimum absolute atomic E-state index is 0.0853. The number of fused-ring (bicyclic) bond motifs is 1. The Kier molecular flexibility index (Phi) is 3.52. The molecule has 1 aliphatic rings. The van der Waals surface area contributed by atoms with E-state index < -0.39 is 9.84 Å². The van der Waals surface area contributed by atoms with Gasteiger partial charge in [-0.15, -0.1) is 0 Å². The van der Waals surface area contributed by atoms with Gasteiger partial charge in [0.15, 0.2) is 9.84 Å². The molecule has 106 valence electrons. The van der Waals surface area contributed by atoms with Crippen LogP contribution >= 0.6 is 0 Å². The molecule has 4 heteroatoms. The van der Waals surface area contributed by atoms with Gasteiger partial charge < -0.3 is 5.73 Å². The predicted octanol–water partition coefficient (Wildman–Crippen LogP) is 2.66. The largest absolute Gasteiger partial charge is 0.324 e. The zero-order valence-corrected chi connectivity index (χ0v) is 12.1. The molecule has 0 saturated carbocycles. The highest BCUT2D eigenvalue weighted by molar-refractivity contribution is 7.91. The zero-order valence-electron chi connectivity index (χ0n) is 11.3. The number of benzene rings is 2. The van der Waals surface area contributed by atoms with Crippen molar-refractivity contribution in [1.82, 2.24) is 0 Å². The Morgan fingerprint density at radius 1 is 1.15 bits per heavy atom. The highest BCUT2D eigenvalue weighted by Crippen LogP contribution is 2.29. The van der Waals surface area contributed by atoms with Gasteiger partial charge in [0.05, 0.1) is 11.5 Å². The fourth-order valence-electron chi connectivity index (χ4n) is 2.99. The van der Waals surface area contributed by atoms with Crippen LogP contribution in [0, 0.1) is 5.92 Å². The molecule has 1 fully saturated rings. The van der Waals surface area contributed by atoms with Crippen molar-refractivity contribution in [2.24, 2.45) is 11.7 Å². The number of nitrogens with two attached hydrogens (primary N) is 1. The molecule has 0 bridgehead atoms. The van der Waals surface area contributed by atoms with E-state index in [0.717, 1.165) is 18.4 Å². The van der Waals surface area contributed by atoms with Crippen LogP contribution in [0.1, 0.15) is 24.4 Å². The summed E-state index contributed by atoms with van der Waals surface area (Å²) in [6.45, 7) is 0. The second-order valence-corrected chi connectivity index (χ2v) is 7.95. The molecule has 3 nitrogen and oxygen atoms in total. The quantitative estimate of drug-likeness (QED) is 0.945. The molecule has 2 aromatic carbocycles. The molecule has 1 heterocycles. The lowest BCUT2D eigenvalue weighted by Gasteiger charge is -2.16. The third-order valence-electron chi connectivity index (χ3n) is 4.12. The second kappa shape index (κ2) is 5.19. The average molecular weight is 289 g/mol. The van der Waals surface area contributed by atoms with Crippen LogP contribution < -0.4 is 5.73 Å². The maximum Gasteiger partial charge on any atom is 0.150 e. The SMILES string of the molecule is NC(CC1CCS(=O)(=O)C1)c1ccc2ccccc2c1. The van der Waals surface area contributed by atoms with Gasteiger partial charge in [-0.2, -0.15) is 0 Å². The number of hydrogen-bond acceptors (Lipinski definition) is 3. The van der Waals surface area contributed by atoms with E-state index in [0.29, 0.717) is 11.5 Å². The maximum absolute atomic E-state index is 11.5. The fourth-order valence-corrected chi connectivity index (χ4v) is 4.87. The Bertz CT molecular complexity index is 724. The van der Waals surface area contributed by atoms with Gasteiger partial charge in [0.2, 0.25) is 0 Å². The van der Waals surface area contributed by atoms with Gasteiger partial charge in [-0.25, -0.2) is 8.42 Å². The summed E-state index contributed by atoms with van der Waals surface area (Å²) in [7, 11) is -2.81. The highest BCUT2D eigenvalue weighted by Gasteiger charge is 2.29. The predicted molar refractivity (Wildman–Crippen MR) is 82.3 cm³/mol. The Labute approximate surface area is 119 Å². The first-order valence-corrected chi connectivity index (χ1v) is 8.80. The van der Waals surface area contributed by atoms with Crippen LogP contribution in [-0.4, -0.2) is 19.9 Å². The monoisotopic (exact) mass is 289 g/mol. The molecule has 0 radical (unpaired) electrons. The normalized spacial score (nSPS) is 22.9. The van der Waals surface area contributed by atoms with Crippen LogP contribution in [0.4, 0.5) is 0 Å². The summed E-state index contributed by atoms with van der Waals surface area (Å²) < 4.78 is 23.0. The third kappa shape index (κ3) is 2.86. The standard InChI is InChI=1S/C16H19NO2S/c17-16(9-12-7-8-20(18,19)11-12)15-6-5-13-3-1-2-4-14(13)10-15/h1-6,10,12,16H,7-9,11,17H2. The van der Waals surface area contributed by atoms with Crippen molar-refractivity contribution in [3.8, 4) is 0 Å². The Morgan fingerprint density at radius 2 is 1.90 bits per heavy atom.